The minimum Gasteiger partial charge on any atom is -0.458 e. The van der Waals surface area contributed by atoms with Crippen molar-refractivity contribution in [1.29, 1.82) is 0 Å². The van der Waals surface area contributed by atoms with Gasteiger partial charge < -0.3 is 9.47 Å². The molecule has 0 N–H and O–H groups in total. The zero-order chi connectivity index (χ0) is 21.8. The molecule has 0 spiro atoms. The Morgan fingerprint density at radius 2 is 1.30 bits per heavy atom. The summed E-state index contributed by atoms with van der Waals surface area (Å²) in [5, 5.41) is 0. The summed E-state index contributed by atoms with van der Waals surface area (Å²) in [4.78, 5) is 4.72. The highest BCUT2D eigenvalue weighted by molar-refractivity contribution is 6.98. The molecule has 7 rings (SSSR count). The highest BCUT2D eigenvalue weighted by Gasteiger charge is 2.40. The van der Waals surface area contributed by atoms with Crippen LogP contribution in [0.3, 0.4) is 0 Å². The van der Waals surface area contributed by atoms with Crippen LogP contribution in [-0.2, 0) is 0 Å². The van der Waals surface area contributed by atoms with E-state index in [1.807, 2.05) is 48.7 Å². The van der Waals surface area contributed by atoms with Gasteiger partial charge in [-0.25, -0.2) is 0 Å². The first-order valence-electron chi connectivity index (χ1n) is 11.1. The van der Waals surface area contributed by atoms with E-state index in [0.29, 0.717) is 0 Å². The maximum absolute atomic E-state index is 6.55. The molecule has 0 radical (unpaired) electrons. The number of benzene rings is 4. The summed E-state index contributed by atoms with van der Waals surface area (Å²) >= 11 is 0. The summed E-state index contributed by atoms with van der Waals surface area (Å²) in [7, 11) is 0. The molecular weight excluding hydrogens is 405 g/mol. The van der Waals surface area contributed by atoms with E-state index >= 15 is 0 Å². The third-order valence-corrected chi connectivity index (χ3v) is 6.48. The Labute approximate surface area is 192 Å². The summed E-state index contributed by atoms with van der Waals surface area (Å²) in [6, 6.07) is 35.2. The van der Waals surface area contributed by atoms with Gasteiger partial charge >= 0.3 is 0 Å². The molecule has 0 bridgehead atoms. The molecule has 4 aromatic carbocycles. The van der Waals surface area contributed by atoms with Crippen LogP contribution in [0.15, 0.2) is 109 Å². The van der Waals surface area contributed by atoms with E-state index < -0.39 is 0 Å². The van der Waals surface area contributed by atoms with Gasteiger partial charge in [0.25, 0.3) is 6.71 Å². The fraction of sp³-hybridized carbons (Fsp3) is 0. The van der Waals surface area contributed by atoms with Crippen molar-refractivity contribution in [1.82, 2.24) is 4.98 Å². The van der Waals surface area contributed by atoms with E-state index in [4.69, 9.17) is 14.5 Å². The van der Waals surface area contributed by atoms with Crippen molar-refractivity contribution in [3.05, 3.63) is 109 Å². The van der Waals surface area contributed by atoms with Crippen LogP contribution in [0.1, 0.15) is 0 Å². The van der Waals surface area contributed by atoms with E-state index in [-0.39, 0.29) is 6.71 Å². The van der Waals surface area contributed by atoms with Crippen molar-refractivity contribution in [2.45, 2.75) is 0 Å². The van der Waals surface area contributed by atoms with Crippen LogP contribution in [0.2, 0.25) is 0 Å². The first-order chi connectivity index (χ1) is 16.4. The van der Waals surface area contributed by atoms with Gasteiger partial charge in [-0.2, -0.15) is 0 Å². The highest BCUT2D eigenvalue weighted by atomic mass is 16.5. The molecule has 1 aromatic heterocycles. The molecule has 0 fully saturated rings. The standard InChI is InChI=1S/C29H18BNO2/c1-2-8-19(9-3-1)20-16-17-31-24(18-20)21-10-6-12-23-29(21)33-27-15-7-14-26-28(27)30(23)22-11-4-5-13-25(22)32-26/h1-18H. The van der Waals surface area contributed by atoms with Crippen LogP contribution >= 0.6 is 0 Å². The van der Waals surface area contributed by atoms with Gasteiger partial charge in [-0.05, 0) is 58.5 Å². The first kappa shape index (κ1) is 18.3. The van der Waals surface area contributed by atoms with Crippen molar-refractivity contribution < 1.29 is 9.47 Å². The van der Waals surface area contributed by atoms with Crippen molar-refractivity contribution in [2.24, 2.45) is 0 Å². The lowest BCUT2D eigenvalue weighted by Gasteiger charge is -2.33. The number of nitrogens with zero attached hydrogens (tertiary/aromatic N) is 1. The van der Waals surface area contributed by atoms with Gasteiger partial charge in [0.2, 0.25) is 0 Å². The Bertz CT molecular complexity index is 1530. The van der Waals surface area contributed by atoms with E-state index in [0.717, 1.165) is 56.2 Å². The van der Waals surface area contributed by atoms with Crippen molar-refractivity contribution in [3.8, 4) is 45.4 Å². The zero-order valence-electron chi connectivity index (χ0n) is 17.7. The summed E-state index contributed by atoms with van der Waals surface area (Å²) in [5.74, 6) is 3.46. The lowest BCUT2D eigenvalue weighted by molar-refractivity contribution is 0.465. The lowest BCUT2D eigenvalue weighted by Crippen LogP contribution is -2.57. The molecule has 4 heteroatoms. The Balaban J connectivity index is 1.43. The third-order valence-electron chi connectivity index (χ3n) is 6.48. The van der Waals surface area contributed by atoms with Gasteiger partial charge in [0.15, 0.2) is 0 Å². The molecule has 3 nitrogen and oxygen atoms in total. The molecule has 0 unspecified atom stereocenters. The smallest absolute Gasteiger partial charge is 0.260 e. The minimum atomic E-state index is 0.0576. The molecule has 2 aliphatic rings. The number of pyridine rings is 1. The van der Waals surface area contributed by atoms with Gasteiger partial charge in [-0.1, -0.05) is 66.7 Å². The quantitative estimate of drug-likeness (QED) is 0.361. The normalized spacial score (nSPS) is 12.7. The third kappa shape index (κ3) is 2.81. The van der Waals surface area contributed by atoms with Gasteiger partial charge in [0, 0.05) is 17.2 Å². The first-order valence-corrected chi connectivity index (χ1v) is 11.1. The number of para-hydroxylation sites is 2. The maximum atomic E-state index is 6.55. The van der Waals surface area contributed by atoms with Crippen LogP contribution in [0.25, 0.3) is 22.4 Å². The number of ether oxygens (including phenoxy) is 2. The second-order valence-corrected chi connectivity index (χ2v) is 8.36. The van der Waals surface area contributed by atoms with Gasteiger partial charge in [0.1, 0.15) is 23.0 Å². The second kappa shape index (κ2) is 7.11. The number of rotatable bonds is 2. The maximum Gasteiger partial charge on any atom is 0.260 e. The van der Waals surface area contributed by atoms with Crippen LogP contribution in [-0.4, -0.2) is 11.7 Å². The molecular formula is C29H18BNO2. The van der Waals surface area contributed by atoms with Gasteiger partial charge in [0.05, 0.1) is 5.69 Å². The van der Waals surface area contributed by atoms with Gasteiger partial charge in [-0.15, -0.1) is 0 Å². The van der Waals surface area contributed by atoms with E-state index in [9.17, 15) is 0 Å². The number of hydrogen-bond acceptors (Lipinski definition) is 3. The van der Waals surface area contributed by atoms with E-state index in [1.165, 1.54) is 5.56 Å². The van der Waals surface area contributed by atoms with E-state index in [2.05, 4.69) is 60.7 Å². The van der Waals surface area contributed by atoms with Crippen molar-refractivity contribution in [2.75, 3.05) is 0 Å². The highest BCUT2D eigenvalue weighted by Crippen LogP contribution is 2.38. The summed E-state index contributed by atoms with van der Waals surface area (Å²) in [6.07, 6.45) is 1.87. The fourth-order valence-corrected chi connectivity index (χ4v) is 4.99. The molecule has 3 heterocycles. The molecule has 2 aliphatic heterocycles. The second-order valence-electron chi connectivity index (χ2n) is 8.36. The number of fused-ring (bicyclic) bond motifs is 4. The Morgan fingerprint density at radius 3 is 2.21 bits per heavy atom. The number of aromatic nitrogens is 1. The lowest BCUT2D eigenvalue weighted by atomic mass is 9.34. The van der Waals surface area contributed by atoms with Crippen LogP contribution in [0, 0.1) is 0 Å². The average molecular weight is 423 g/mol. The van der Waals surface area contributed by atoms with Crippen molar-refractivity contribution >= 4 is 23.1 Å². The fourth-order valence-electron chi connectivity index (χ4n) is 4.99. The summed E-state index contributed by atoms with van der Waals surface area (Å²) < 4.78 is 12.8. The zero-order valence-corrected chi connectivity index (χ0v) is 17.7. The molecule has 0 aliphatic carbocycles. The van der Waals surface area contributed by atoms with Gasteiger partial charge in [-0.3, -0.25) is 4.98 Å². The predicted molar refractivity (Wildman–Crippen MR) is 133 cm³/mol. The monoisotopic (exact) mass is 423 g/mol. The Hall–Kier alpha value is -4.31. The summed E-state index contributed by atoms with van der Waals surface area (Å²) in [6.45, 7) is 0.0576. The Kier molecular flexibility index (Phi) is 3.94. The molecule has 5 aromatic rings. The topological polar surface area (TPSA) is 31.4 Å². The summed E-state index contributed by atoms with van der Waals surface area (Å²) in [5.41, 5.74) is 7.57. The SMILES string of the molecule is c1ccc(-c2ccnc(-c3cccc4c3Oc3cccc5c3B4c3ccccc3O5)c2)cc1. The molecule has 33 heavy (non-hydrogen) atoms. The molecule has 0 atom stereocenters. The Morgan fingerprint density at radius 1 is 0.576 bits per heavy atom. The van der Waals surface area contributed by atoms with Crippen molar-refractivity contribution in [3.63, 3.8) is 0 Å². The average Bonchev–Trinajstić information content (AvgIpc) is 2.89. The van der Waals surface area contributed by atoms with Crippen LogP contribution in [0.5, 0.6) is 23.0 Å². The largest absolute Gasteiger partial charge is 0.458 e. The predicted octanol–water partition coefficient (Wildman–Crippen LogP) is 5.14. The molecule has 0 saturated heterocycles. The minimum absolute atomic E-state index is 0.0576. The number of hydrogen-bond donors (Lipinski definition) is 0. The molecule has 154 valence electrons. The van der Waals surface area contributed by atoms with E-state index in [1.54, 1.807) is 0 Å². The van der Waals surface area contributed by atoms with Crippen LogP contribution in [0.4, 0.5) is 0 Å². The molecule has 0 amide bonds. The molecule has 0 saturated carbocycles. The van der Waals surface area contributed by atoms with Crippen LogP contribution < -0.4 is 25.9 Å².